The molecule has 1 aromatic carbocycles. The van der Waals surface area contributed by atoms with Crippen molar-refractivity contribution in [2.24, 2.45) is 5.92 Å². The first-order valence-electron chi connectivity index (χ1n) is 7.04. The second kappa shape index (κ2) is 7.31. The van der Waals surface area contributed by atoms with E-state index in [9.17, 15) is 9.18 Å². The molecule has 118 valence electrons. The molecule has 1 aromatic heterocycles. The normalized spacial score (nSPS) is 12.1. The number of rotatable bonds is 7. The van der Waals surface area contributed by atoms with Crippen molar-refractivity contribution in [1.29, 1.82) is 0 Å². The number of aryl methyl sites for hydroxylation is 1. The van der Waals surface area contributed by atoms with Crippen molar-refractivity contribution in [2.45, 2.75) is 26.8 Å². The molecule has 2 rings (SSSR count). The third-order valence-electron chi connectivity index (χ3n) is 3.23. The van der Waals surface area contributed by atoms with Crippen molar-refractivity contribution in [3.8, 4) is 0 Å². The summed E-state index contributed by atoms with van der Waals surface area (Å²) >= 11 is 1.45. The molecule has 1 unspecified atom stereocenters. The van der Waals surface area contributed by atoms with Crippen LogP contribution in [0.4, 0.5) is 9.52 Å². The number of anilines is 1. The van der Waals surface area contributed by atoms with Crippen molar-refractivity contribution in [3.63, 3.8) is 0 Å². The zero-order valence-electron chi connectivity index (χ0n) is 12.5. The molecule has 1 atom stereocenters. The number of hydrogen-bond acceptors (Lipinski definition) is 5. The van der Waals surface area contributed by atoms with Gasteiger partial charge in [-0.25, -0.2) is 4.39 Å². The molecular weight excluding hydrogens is 305 g/mol. The van der Waals surface area contributed by atoms with Gasteiger partial charge in [0.1, 0.15) is 10.8 Å². The fourth-order valence-electron chi connectivity index (χ4n) is 1.94. The number of benzene rings is 1. The van der Waals surface area contributed by atoms with E-state index in [0.29, 0.717) is 18.2 Å². The number of carboxylic acids is 1. The number of hydrogen-bond donors (Lipinski definition) is 1. The fourth-order valence-corrected chi connectivity index (χ4v) is 2.73. The van der Waals surface area contributed by atoms with Gasteiger partial charge in [0.25, 0.3) is 0 Å². The van der Waals surface area contributed by atoms with E-state index in [2.05, 4.69) is 10.2 Å². The zero-order chi connectivity index (χ0) is 16.1. The first kappa shape index (κ1) is 16.4. The number of carbonyl (C=O) groups is 1. The van der Waals surface area contributed by atoms with E-state index in [1.807, 2.05) is 11.8 Å². The monoisotopic (exact) mass is 323 g/mol. The van der Waals surface area contributed by atoms with Crippen LogP contribution in [0.5, 0.6) is 0 Å². The molecule has 0 fully saturated rings. The van der Waals surface area contributed by atoms with Gasteiger partial charge in [-0.1, -0.05) is 37.3 Å². The van der Waals surface area contributed by atoms with Crippen LogP contribution in [0.2, 0.25) is 0 Å². The van der Waals surface area contributed by atoms with Crippen molar-refractivity contribution in [1.82, 2.24) is 10.2 Å². The molecule has 1 heterocycles. The molecule has 5 nitrogen and oxygen atoms in total. The molecule has 0 saturated carbocycles. The summed E-state index contributed by atoms with van der Waals surface area (Å²) in [7, 11) is 0. The molecule has 7 heteroatoms. The number of halogens is 1. The van der Waals surface area contributed by atoms with E-state index in [1.165, 1.54) is 23.5 Å². The first-order chi connectivity index (χ1) is 10.5. The van der Waals surface area contributed by atoms with Gasteiger partial charge < -0.3 is 10.0 Å². The van der Waals surface area contributed by atoms with Crippen LogP contribution in [-0.4, -0.2) is 27.8 Å². The quantitative estimate of drug-likeness (QED) is 0.848. The number of nitrogens with zero attached hydrogens (tertiary/aromatic N) is 3. The van der Waals surface area contributed by atoms with Crippen LogP contribution < -0.4 is 4.90 Å². The Balaban J connectivity index is 2.20. The summed E-state index contributed by atoms with van der Waals surface area (Å²) in [6.45, 7) is 4.44. The lowest BCUT2D eigenvalue weighted by Gasteiger charge is -2.23. The highest BCUT2D eigenvalue weighted by molar-refractivity contribution is 7.15. The van der Waals surface area contributed by atoms with Crippen molar-refractivity contribution in [3.05, 3.63) is 40.7 Å². The Kier molecular flexibility index (Phi) is 5.43. The Bertz CT molecular complexity index is 630. The van der Waals surface area contributed by atoms with Crippen LogP contribution >= 0.6 is 11.3 Å². The van der Waals surface area contributed by atoms with E-state index in [-0.39, 0.29) is 5.82 Å². The standard InChI is InChI=1S/C15H18FN3O2S/c1-3-13-17-18-15(22-13)19(8-10(2)14(20)21)9-11-4-6-12(16)7-5-11/h4-7,10H,3,8-9H2,1-2H3,(H,20,21). The van der Waals surface area contributed by atoms with Gasteiger partial charge in [0.05, 0.1) is 5.92 Å². The Morgan fingerprint density at radius 1 is 1.36 bits per heavy atom. The number of aliphatic carboxylic acids is 1. The summed E-state index contributed by atoms with van der Waals surface area (Å²) < 4.78 is 13.0. The minimum atomic E-state index is -0.857. The third-order valence-corrected chi connectivity index (χ3v) is 4.36. The van der Waals surface area contributed by atoms with Crippen LogP contribution in [0.15, 0.2) is 24.3 Å². The predicted molar refractivity (Wildman–Crippen MR) is 83.5 cm³/mol. The van der Waals surface area contributed by atoms with E-state index < -0.39 is 11.9 Å². The van der Waals surface area contributed by atoms with Gasteiger partial charge in [-0.15, -0.1) is 10.2 Å². The Hall–Kier alpha value is -2.02. The lowest BCUT2D eigenvalue weighted by atomic mass is 10.1. The molecule has 0 amide bonds. The molecule has 1 N–H and O–H groups in total. The van der Waals surface area contributed by atoms with Gasteiger partial charge in [-0.2, -0.15) is 0 Å². The summed E-state index contributed by atoms with van der Waals surface area (Å²) in [6, 6.07) is 6.17. The van der Waals surface area contributed by atoms with Gasteiger partial charge in [0, 0.05) is 13.1 Å². The lowest BCUT2D eigenvalue weighted by molar-refractivity contribution is -0.140. The van der Waals surface area contributed by atoms with Crippen molar-refractivity contribution >= 4 is 22.4 Å². The molecular formula is C15H18FN3O2S. The lowest BCUT2D eigenvalue weighted by Crippen LogP contribution is -2.31. The average molecular weight is 323 g/mol. The summed E-state index contributed by atoms with van der Waals surface area (Å²) in [5.41, 5.74) is 0.896. The Morgan fingerprint density at radius 2 is 2.05 bits per heavy atom. The van der Waals surface area contributed by atoms with Crippen molar-refractivity contribution in [2.75, 3.05) is 11.4 Å². The van der Waals surface area contributed by atoms with Crippen LogP contribution in [0, 0.1) is 11.7 Å². The zero-order valence-corrected chi connectivity index (χ0v) is 13.3. The van der Waals surface area contributed by atoms with Gasteiger partial charge in [-0.05, 0) is 24.1 Å². The Labute approximate surface area is 132 Å². The molecule has 0 aliphatic rings. The molecule has 0 aliphatic carbocycles. The molecule has 0 radical (unpaired) electrons. The maximum Gasteiger partial charge on any atom is 0.308 e. The molecule has 0 aliphatic heterocycles. The van der Waals surface area contributed by atoms with E-state index in [0.717, 1.165) is 17.0 Å². The average Bonchev–Trinajstić information content (AvgIpc) is 2.97. The SMILES string of the molecule is CCc1nnc(N(Cc2ccc(F)cc2)CC(C)C(=O)O)s1. The highest BCUT2D eigenvalue weighted by Crippen LogP contribution is 2.23. The third kappa shape index (κ3) is 4.24. The van der Waals surface area contributed by atoms with E-state index in [1.54, 1.807) is 19.1 Å². The number of aromatic nitrogens is 2. The van der Waals surface area contributed by atoms with E-state index >= 15 is 0 Å². The molecule has 0 spiro atoms. The summed E-state index contributed by atoms with van der Waals surface area (Å²) in [6.07, 6.45) is 0.788. The summed E-state index contributed by atoms with van der Waals surface area (Å²) in [4.78, 5) is 13.0. The maximum atomic E-state index is 13.0. The second-order valence-corrected chi connectivity index (χ2v) is 6.12. The maximum absolute atomic E-state index is 13.0. The summed E-state index contributed by atoms with van der Waals surface area (Å²) in [5, 5.41) is 18.9. The molecule has 2 aromatic rings. The van der Waals surface area contributed by atoms with Gasteiger partial charge in [0.15, 0.2) is 0 Å². The van der Waals surface area contributed by atoms with Crippen molar-refractivity contribution < 1.29 is 14.3 Å². The highest BCUT2D eigenvalue weighted by Gasteiger charge is 2.20. The smallest absolute Gasteiger partial charge is 0.308 e. The fraction of sp³-hybridized carbons (Fsp3) is 0.400. The van der Waals surface area contributed by atoms with Gasteiger partial charge >= 0.3 is 5.97 Å². The predicted octanol–water partition coefficient (Wildman–Crippen LogP) is 2.97. The number of carboxylic acid groups (broad SMARTS) is 1. The Morgan fingerprint density at radius 3 is 2.59 bits per heavy atom. The minimum Gasteiger partial charge on any atom is -0.481 e. The first-order valence-corrected chi connectivity index (χ1v) is 7.85. The molecule has 0 bridgehead atoms. The van der Waals surface area contributed by atoms with Gasteiger partial charge in [-0.3, -0.25) is 4.79 Å². The molecule has 0 saturated heterocycles. The van der Waals surface area contributed by atoms with E-state index in [4.69, 9.17) is 5.11 Å². The second-order valence-electron chi connectivity index (χ2n) is 5.08. The van der Waals surface area contributed by atoms with Crippen LogP contribution in [0.25, 0.3) is 0 Å². The molecule has 22 heavy (non-hydrogen) atoms. The van der Waals surface area contributed by atoms with Crippen LogP contribution in [0.3, 0.4) is 0 Å². The highest BCUT2D eigenvalue weighted by atomic mass is 32.1. The van der Waals surface area contributed by atoms with Gasteiger partial charge in [0.2, 0.25) is 5.13 Å². The minimum absolute atomic E-state index is 0.293. The summed E-state index contributed by atoms with van der Waals surface area (Å²) in [5.74, 6) is -1.68. The topological polar surface area (TPSA) is 66.3 Å². The largest absolute Gasteiger partial charge is 0.481 e. The van der Waals surface area contributed by atoms with Crippen LogP contribution in [-0.2, 0) is 17.8 Å². The van der Waals surface area contributed by atoms with Crippen LogP contribution in [0.1, 0.15) is 24.4 Å².